The van der Waals surface area contributed by atoms with E-state index in [0.29, 0.717) is 37.2 Å². The van der Waals surface area contributed by atoms with Crippen LogP contribution >= 0.6 is 0 Å². The van der Waals surface area contributed by atoms with Crippen LogP contribution in [0.5, 0.6) is 0 Å². The maximum absolute atomic E-state index is 12.6. The van der Waals surface area contributed by atoms with Gasteiger partial charge >= 0.3 is 59.9 Å². The molecule has 16 fully saturated rings. The van der Waals surface area contributed by atoms with Crippen molar-refractivity contribution in [2.75, 3.05) is 26.4 Å². The Hall–Kier alpha value is -5.54. The standard InChI is InChI=1S/2C19H32O2.C14H20O4.C14H26O2.C11H18O3.C10H16O5.C10H16O4/c2*1-6-17(2,3)16(20)21-18(4,5)19-10-13-7-14(11-19)9-15(8-13)12-19;1-4-14(2,3)13(16)18-10-7-5-8-9(6-7)12(15)17-11(8)10;1-6-13(4,5)12(15)16-14(11(2)3)9-7-8-10-14;1-4-10(3)7-11(14-9(10)12)5-6-13-8(11)2;1-4-10(2,3)8(11)13-5-7-6-14-9(12)15-7;1-4-10(2,3)9(12)14-7-5-8(11)13-6-7/h2*13-15H,6-12H2,1-5H3;7-11H,4-6H2,1-3H3;11H,6-10H2,1-5H3;8H,4-7H2,1-3H3;7H,4-6H2,1-3H3;7H,4-6H2,1-3H3. The first-order valence-corrected chi connectivity index (χ1v) is 46.4. The molecule has 5 saturated heterocycles. The largest absolute Gasteiger partial charge is 0.508 e. The molecule has 22 nitrogen and oxygen atoms in total. The monoisotopic (exact) mass is 1680 g/mol. The van der Waals surface area contributed by atoms with Crippen molar-refractivity contribution in [3.05, 3.63) is 0 Å². The average Bonchev–Trinajstić information content (AvgIpc) is 1.65. The molecule has 0 amide bonds. The summed E-state index contributed by atoms with van der Waals surface area (Å²) in [6.07, 6.45) is 28.1. The highest BCUT2D eigenvalue weighted by Crippen LogP contribution is 2.66. The summed E-state index contributed by atoms with van der Waals surface area (Å²) >= 11 is 0. The number of cyclic esters (lactones) is 3. The van der Waals surface area contributed by atoms with E-state index in [1.807, 2.05) is 132 Å². The van der Waals surface area contributed by atoms with E-state index in [-0.39, 0.29) is 165 Å². The number of carbonyl (C=O) groups is 10. The van der Waals surface area contributed by atoms with Gasteiger partial charge in [0.05, 0.1) is 63.0 Å². The first-order chi connectivity index (χ1) is 55.1. The smallest absolute Gasteiger partial charge is 0.462 e. The number of hydrogen-bond acceptors (Lipinski definition) is 22. The molecule has 0 aromatic rings. The molecular weight excluding hydrogens is 1520 g/mol. The van der Waals surface area contributed by atoms with Crippen molar-refractivity contribution in [3.8, 4) is 0 Å². The van der Waals surface area contributed by atoms with Gasteiger partial charge in [-0.15, -0.1) is 0 Å². The summed E-state index contributed by atoms with van der Waals surface area (Å²) in [7, 11) is 0. The molecule has 680 valence electrons. The Morgan fingerprint density at radius 3 is 1.29 bits per heavy atom. The van der Waals surface area contributed by atoms with Crippen LogP contribution in [0.25, 0.3) is 0 Å². The Morgan fingerprint density at radius 1 is 0.496 bits per heavy atom. The van der Waals surface area contributed by atoms with Crippen molar-refractivity contribution in [2.45, 2.75) is 420 Å². The molecule has 5 aliphatic heterocycles. The van der Waals surface area contributed by atoms with Gasteiger partial charge in [0, 0.05) is 35.5 Å². The Balaban J connectivity index is 0.000000174. The summed E-state index contributed by atoms with van der Waals surface area (Å²) < 4.78 is 64.4. The summed E-state index contributed by atoms with van der Waals surface area (Å²) in [4.78, 5) is 117. The number of carbonyl (C=O) groups excluding carboxylic acids is 10. The number of ether oxygens (including phenoxy) is 12. The molecule has 11 saturated carbocycles. The third-order valence-electron chi connectivity index (χ3n) is 32.4. The molecular formula is C97H160O22. The van der Waals surface area contributed by atoms with E-state index in [9.17, 15) is 47.9 Å². The number of rotatable bonds is 23. The van der Waals surface area contributed by atoms with Crippen molar-refractivity contribution >= 4 is 59.9 Å². The molecule has 0 radical (unpaired) electrons. The summed E-state index contributed by atoms with van der Waals surface area (Å²) in [5.74, 6) is 5.33. The SMILES string of the molecule is CCC(C)(C)C(=O)OC(C)(C)C12CC3CC(CC(C3)C1)C2.CCC(C)(C)C(=O)OC(C)(C)C12CC3CC(CC(C3)C1)C2.CCC(C)(C)C(=O)OC1(C(C)C)CCCC1.CCC(C)(C)C(=O)OC1C2CC3C(=O)OC1C3C2.CCC(C)(C)C(=O)OC1COC(=O)C1.CCC(C)(C)C(=O)OCC1COC(=O)O1.CCC1(C)CC2(CCOC2C)OC1=O. The lowest BCUT2D eigenvalue weighted by molar-refractivity contribution is -0.206. The summed E-state index contributed by atoms with van der Waals surface area (Å²) in [5.41, 5.74) is -3.41. The summed E-state index contributed by atoms with van der Waals surface area (Å²) in [5, 5.41) is 0. The van der Waals surface area contributed by atoms with Gasteiger partial charge in [-0.25, -0.2) is 4.79 Å². The van der Waals surface area contributed by atoms with Gasteiger partial charge < -0.3 is 56.8 Å². The predicted molar refractivity (Wildman–Crippen MR) is 452 cm³/mol. The van der Waals surface area contributed by atoms with Gasteiger partial charge in [0.2, 0.25) is 0 Å². The van der Waals surface area contributed by atoms with Crippen LogP contribution in [0.15, 0.2) is 0 Å². The fourth-order valence-corrected chi connectivity index (χ4v) is 21.1. The molecule has 10 atom stereocenters. The normalized spacial score (nSPS) is 33.3. The minimum Gasteiger partial charge on any atom is -0.462 e. The summed E-state index contributed by atoms with van der Waals surface area (Å²) in [6, 6.07) is 0. The minimum absolute atomic E-state index is 0.00857. The van der Waals surface area contributed by atoms with Crippen molar-refractivity contribution in [2.24, 2.45) is 108 Å². The lowest BCUT2D eigenvalue weighted by atomic mass is 9.46. The highest BCUT2D eigenvalue weighted by Gasteiger charge is 2.65. The van der Waals surface area contributed by atoms with Gasteiger partial charge in [-0.3, -0.25) is 43.2 Å². The zero-order chi connectivity index (χ0) is 89.0. The molecule has 1 spiro atoms. The van der Waals surface area contributed by atoms with Gasteiger partial charge in [0.1, 0.15) is 60.5 Å². The second-order valence-corrected chi connectivity index (χ2v) is 44.3. The first kappa shape index (κ1) is 98.9. The third kappa shape index (κ3) is 22.6. The Kier molecular flexibility index (Phi) is 31.7. The lowest BCUT2D eigenvalue weighted by Crippen LogP contribution is -2.58. The highest BCUT2D eigenvalue weighted by molar-refractivity contribution is 5.81. The molecule has 119 heavy (non-hydrogen) atoms. The van der Waals surface area contributed by atoms with E-state index < -0.39 is 28.5 Å². The maximum Gasteiger partial charge on any atom is 0.508 e. The average molecular weight is 1680 g/mol. The van der Waals surface area contributed by atoms with Crippen LogP contribution in [0.4, 0.5) is 4.79 Å². The maximum atomic E-state index is 12.6. The van der Waals surface area contributed by atoms with Crippen LogP contribution < -0.4 is 0 Å². The predicted octanol–water partition coefficient (Wildman–Crippen LogP) is 20.5. The summed E-state index contributed by atoms with van der Waals surface area (Å²) in [6.45, 7) is 55.3. The fraction of sp³-hybridized carbons (Fsp3) is 0.897. The van der Waals surface area contributed by atoms with Crippen LogP contribution in [0.2, 0.25) is 0 Å². The van der Waals surface area contributed by atoms with Gasteiger partial charge in [-0.2, -0.15) is 0 Å². The fourth-order valence-electron chi connectivity index (χ4n) is 21.1. The van der Waals surface area contributed by atoms with Crippen LogP contribution in [0.3, 0.4) is 0 Å². The zero-order valence-corrected chi connectivity index (χ0v) is 78.8. The van der Waals surface area contributed by atoms with E-state index >= 15 is 0 Å². The van der Waals surface area contributed by atoms with Gasteiger partial charge in [-0.05, 0) is 327 Å². The number of fused-ring (bicyclic) bond motifs is 1. The molecule has 10 bridgehead atoms. The molecule has 5 heterocycles. The van der Waals surface area contributed by atoms with Crippen LogP contribution in [-0.4, -0.2) is 139 Å². The van der Waals surface area contributed by atoms with Gasteiger partial charge in [-0.1, -0.05) is 62.3 Å². The Bertz CT molecular complexity index is 3390. The molecule has 0 aromatic carbocycles. The zero-order valence-electron chi connectivity index (χ0n) is 78.8. The van der Waals surface area contributed by atoms with Crippen LogP contribution in [0, 0.1) is 108 Å². The quantitative estimate of drug-likeness (QED) is 0.0678. The molecule has 10 unspecified atom stereocenters. The van der Waals surface area contributed by atoms with Gasteiger partial charge in [0.25, 0.3) is 0 Å². The molecule has 16 aliphatic rings. The lowest BCUT2D eigenvalue weighted by Gasteiger charge is -2.61. The van der Waals surface area contributed by atoms with E-state index in [1.165, 1.54) is 89.9 Å². The highest BCUT2D eigenvalue weighted by atomic mass is 16.8. The first-order valence-electron chi connectivity index (χ1n) is 46.4. The number of hydrogen-bond donors (Lipinski definition) is 0. The second kappa shape index (κ2) is 38.1. The molecule has 11 aliphatic carbocycles. The minimum atomic E-state index is -0.703. The molecule has 16 rings (SSSR count). The molecule has 0 N–H and O–H groups in total. The van der Waals surface area contributed by atoms with E-state index in [0.717, 1.165) is 106 Å². The molecule has 0 aromatic heterocycles. The van der Waals surface area contributed by atoms with Crippen LogP contribution in [0.1, 0.15) is 367 Å². The third-order valence-corrected chi connectivity index (χ3v) is 32.4. The van der Waals surface area contributed by atoms with E-state index in [4.69, 9.17) is 52.1 Å². The van der Waals surface area contributed by atoms with E-state index in [1.54, 1.807) is 0 Å². The van der Waals surface area contributed by atoms with Gasteiger partial charge in [0.15, 0.2) is 6.10 Å². The van der Waals surface area contributed by atoms with Crippen LogP contribution in [-0.2, 0) is 100.0 Å². The van der Waals surface area contributed by atoms with Crippen molar-refractivity contribution in [1.29, 1.82) is 0 Å². The second-order valence-electron chi connectivity index (χ2n) is 44.3. The van der Waals surface area contributed by atoms with Crippen molar-refractivity contribution in [1.82, 2.24) is 0 Å². The molecule has 22 heteroatoms. The van der Waals surface area contributed by atoms with Crippen molar-refractivity contribution < 1.29 is 105 Å². The number of esters is 9. The van der Waals surface area contributed by atoms with E-state index in [2.05, 4.69) is 60.1 Å². The Labute approximate surface area is 715 Å². The van der Waals surface area contributed by atoms with Crippen molar-refractivity contribution in [3.63, 3.8) is 0 Å². The Morgan fingerprint density at radius 2 is 0.916 bits per heavy atom. The topological polar surface area (TPSA) is 281 Å².